The van der Waals surface area contributed by atoms with Crippen molar-refractivity contribution in [3.8, 4) is 11.1 Å². The van der Waals surface area contributed by atoms with Gasteiger partial charge in [0.1, 0.15) is 5.52 Å². The van der Waals surface area contributed by atoms with Gasteiger partial charge < -0.3 is 0 Å². The summed E-state index contributed by atoms with van der Waals surface area (Å²) in [5.41, 5.74) is 5.38. The fourth-order valence-corrected chi connectivity index (χ4v) is 2.30. The van der Waals surface area contributed by atoms with E-state index < -0.39 is 0 Å². The topological polar surface area (TPSA) is 59.4 Å². The van der Waals surface area contributed by atoms with E-state index in [0.717, 1.165) is 22.2 Å². The number of rotatable bonds is 2. The molecule has 3 rings (SSSR count). The van der Waals surface area contributed by atoms with Crippen LogP contribution in [-0.4, -0.2) is 25.0 Å². The summed E-state index contributed by atoms with van der Waals surface area (Å²) in [4.78, 5) is 4.44. The van der Waals surface area contributed by atoms with Gasteiger partial charge in [-0.15, -0.1) is 0 Å². The maximum Gasteiger partial charge on any atom is 0.108 e. The van der Waals surface area contributed by atoms with Gasteiger partial charge in [-0.2, -0.15) is 10.2 Å². The predicted octanol–water partition coefficient (Wildman–Crippen LogP) is 2.48. The first-order chi connectivity index (χ1) is 8.66. The highest BCUT2D eigenvalue weighted by atomic mass is 15.2. The van der Waals surface area contributed by atoms with Gasteiger partial charge in [-0.1, -0.05) is 13.8 Å². The molecule has 1 N–H and O–H groups in total. The fourth-order valence-electron chi connectivity index (χ4n) is 2.30. The Morgan fingerprint density at radius 1 is 1.22 bits per heavy atom. The molecule has 0 fully saturated rings. The number of nitrogens with one attached hydrogen (secondary N) is 1. The summed E-state index contributed by atoms with van der Waals surface area (Å²) >= 11 is 0. The standard InChI is InChI=1S/C13H15N5/c1-8(2)12-10(9-4-16-18(3)7-9)5-14-11-6-15-17-13(11)12/h4-8H,1-3H3,(H,15,17). The second-order valence-corrected chi connectivity index (χ2v) is 4.77. The summed E-state index contributed by atoms with van der Waals surface area (Å²) in [6.45, 7) is 4.35. The monoisotopic (exact) mass is 241 g/mol. The van der Waals surface area contributed by atoms with Crippen LogP contribution in [0.5, 0.6) is 0 Å². The lowest BCUT2D eigenvalue weighted by atomic mass is 9.94. The lowest BCUT2D eigenvalue weighted by Gasteiger charge is -2.11. The van der Waals surface area contributed by atoms with Crippen LogP contribution in [0.1, 0.15) is 25.3 Å². The third-order valence-corrected chi connectivity index (χ3v) is 3.10. The van der Waals surface area contributed by atoms with Crippen molar-refractivity contribution in [2.24, 2.45) is 7.05 Å². The van der Waals surface area contributed by atoms with Crippen LogP contribution in [0.3, 0.4) is 0 Å². The summed E-state index contributed by atoms with van der Waals surface area (Å²) in [5.74, 6) is 0.395. The second kappa shape index (κ2) is 3.94. The highest BCUT2D eigenvalue weighted by Gasteiger charge is 2.15. The van der Waals surface area contributed by atoms with E-state index in [-0.39, 0.29) is 0 Å². The molecule has 3 aromatic heterocycles. The van der Waals surface area contributed by atoms with Crippen LogP contribution in [0.25, 0.3) is 22.2 Å². The van der Waals surface area contributed by atoms with Gasteiger partial charge in [-0.3, -0.25) is 14.8 Å². The third kappa shape index (κ3) is 1.59. The van der Waals surface area contributed by atoms with Gasteiger partial charge in [0, 0.05) is 30.6 Å². The summed E-state index contributed by atoms with van der Waals surface area (Å²) in [5, 5.41) is 11.3. The number of aryl methyl sites for hydroxylation is 1. The van der Waals surface area contributed by atoms with Gasteiger partial charge in [0.2, 0.25) is 0 Å². The molecule has 0 amide bonds. The smallest absolute Gasteiger partial charge is 0.108 e. The van der Waals surface area contributed by atoms with Crippen molar-refractivity contribution in [2.75, 3.05) is 0 Å². The fraction of sp³-hybridized carbons (Fsp3) is 0.308. The third-order valence-electron chi connectivity index (χ3n) is 3.10. The second-order valence-electron chi connectivity index (χ2n) is 4.77. The molecule has 3 aromatic rings. The normalized spacial score (nSPS) is 11.6. The average molecular weight is 241 g/mol. The number of H-pyrrole nitrogens is 1. The molecule has 5 nitrogen and oxygen atoms in total. The minimum absolute atomic E-state index is 0.395. The van der Waals surface area contributed by atoms with E-state index >= 15 is 0 Å². The largest absolute Gasteiger partial charge is 0.276 e. The Bertz CT molecular complexity index is 692. The van der Waals surface area contributed by atoms with Crippen molar-refractivity contribution in [3.05, 3.63) is 30.4 Å². The number of aromatic amines is 1. The molecule has 5 heteroatoms. The summed E-state index contributed by atoms with van der Waals surface area (Å²) in [6.07, 6.45) is 7.54. The number of hydrogen-bond acceptors (Lipinski definition) is 3. The van der Waals surface area contributed by atoms with Crippen LogP contribution in [0.2, 0.25) is 0 Å². The van der Waals surface area contributed by atoms with E-state index in [0.29, 0.717) is 5.92 Å². The van der Waals surface area contributed by atoms with Gasteiger partial charge in [0.05, 0.1) is 17.9 Å². The molecule has 0 bridgehead atoms. The average Bonchev–Trinajstić information content (AvgIpc) is 2.95. The Balaban J connectivity index is 2.31. The highest BCUT2D eigenvalue weighted by Crippen LogP contribution is 2.32. The molecule has 3 heterocycles. The first-order valence-corrected chi connectivity index (χ1v) is 5.98. The van der Waals surface area contributed by atoms with Gasteiger partial charge in [0.15, 0.2) is 0 Å². The zero-order chi connectivity index (χ0) is 12.7. The molecule has 0 spiro atoms. The maximum atomic E-state index is 4.44. The van der Waals surface area contributed by atoms with Crippen molar-refractivity contribution in [2.45, 2.75) is 19.8 Å². The molecular formula is C13H15N5. The molecule has 0 saturated heterocycles. The summed E-state index contributed by atoms with van der Waals surface area (Å²) in [6, 6.07) is 0. The molecule has 92 valence electrons. The Kier molecular flexibility index (Phi) is 2.40. The van der Waals surface area contributed by atoms with Gasteiger partial charge in [-0.05, 0) is 11.5 Å². The lowest BCUT2D eigenvalue weighted by molar-refractivity contribution is 0.768. The molecule has 0 aromatic carbocycles. The van der Waals surface area contributed by atoms with Crippen LogP contribution in [0.15, 0.2) is 24.8 Å². The van der Waals surface area contributed by atoms with E-state index in [9.17, 15) is 0 Å². The molecule has 18 heavy (non-hydrogen) atoms. The van der Waals surface area contributed by atoms with Crippen LogP contribution in [-0.2, 0) is 7.05 Å². The van der Waals surface area contributed by atoms with E-state index in [4.69, 9.17) is 0 Å². The molecule has 0 saturated carbocycles. The molecule has 0 aliphatic carbocycles. The lowest BCUT2D eigenvalue weighted by Crippen LogP contribution is -1.95. The number of pyridine rings is 1. The molecule has 0 aliphatic rings. The molecule has 0 atom stereocenters. The van der Waals surface area contributed by atoms with Gasteiger partial charge >= 0.3 is 0 Å². The van der Waals surface area contributed by atoms with Gasteiger partial charge in [-0.25, -0.2) is 0 Å². The summed E-state index contributed by atoms with van der Waals surface area (Å²) < 4.78 is 1.80. The van der Waals surface area contributed by atoms with E-state index in [2.05, 4.69) is 34.1 Å². The Labute approximate surface area is 105 Å². The Morgan fingerprint density at radius 3 is 2.72 bits per heavy atom. The van der Waals surface area contributed by atoms with Crippen LogP contribution in [0, 0.1) is 0 Å². The van der Waals surface area contributed by atoms with Crippen molar-refractivity contribution in [3.63, 3.8) is 0 Å². The zero-order valence-corrected chi connectivity index (χ0v) is 10.7. The first-order valence-electron chi connectivity index (χ1n) is 5.98. The minimum atomic E-state index is 0.395. The number of nitrogens with zero attached hydrogens (tertiary/aromatic N) is 4. The van der Waals surface area contributed by atoms with Crippen LogP contribution in [0.4, 0.5) is 0 Å². The van der Waals surface area contributed by atoms with Crippen LogP contribution >= 0.6 is 0 Å². The Morgan fingerprint density at radius 2 is 2.06 bits per heavy atom. The number of fused-ring (bicyclic) bond motifs is 1. The highest BCUT2D eigenvalue weighted by molar-refractivity contribution is 5.85. The van der Waals surface area contributed by atoms with Crippen LogP contribution < -0.4 is 0 Å². The Hall–Kier alpha value is -2.17. The SMILES string of the molecule is CC(C)c1c(-c2cnn(C)c2)cnc2cn[nH]c12. The predicted molar refractivity (Wildman–Crippen MR) is 70.2 cm³/mol. The van der Waals surface area contributed by atoms with Crippen molar-refractivity contribution in [1.82, 2.24) is 25.0 Å². The molecule has 0 radical (unpaired) electrons. The zero-order valence-electron chi connectivity index (χ0n) is 10.7. The maximum absolute atomic E-state index is 4.44. The van der Waals surface area contributed by atoms with E-state index in [1.54, 1.807) is 10.9 Å². The number of aromatic nitrogens is 5. The molecule has 0 unspecified atom stereocenters. The molecule has 0 aliphatic heterocycles. The van der Waals surface area contributed by atoms with Crippen molar-refractivity contribution < 1.29 is 0 Å². The van der Waals surface area contributed by atoms with E-state index in [1.807, 2.05) is 25.6 Å². The summed E-state index contributed by atoms with van der Waals surface area (Å²) in [7, 11) is 1.92. The van der Waals surface area contributed by atoms with Crippen molar-refractivity contribution in [1.29, 1.82) is 0 Å². The number of hydrogen-bond donors (Lipinski definition) is 1. The molecular weight excluding hydrogens is 226 g/mol. The van der Waals surface area contributed by atoms with Gasteiger partial charge in [0.25, 0.3) is 0 Å². The first kappa shape index (κ1) is 11.0. The van der Waals surface area contributed by atoms with Crippen molar-refractivity contribution >= 4 is 11.0 Å². The minimum Gasteiger partial charge on any atom is -0.276 e. The van der Waals surface area contributed by atoms with E-state index in [1.165, 1.54) is 5.56 Å². The quantitative estimate of drug-likeness (QED) is 0.749.